The fourth-order valence-corrected chi connectivity index (χ4v) is 1.74. The molecular formula is C10H17F3N2O2. The molecule has 1 rings (SSSR count). The molecule has 1 amide bonds. The van der Waals surface area contributed by atoms with Crippen molar-refractivity contribution in [2.24, 2.45) is 5.73 Å². The van der Waals surface area contributed by atoms with Crippen LogP contribution in [0.1, 0.15) is 19.3 Å². The predicted octanol–water partition coefficient (Wildman–Crippen LogP) is 0.905. The Bertz CT molecular complexity index is 258. The van der Waals surface area contributed by atoms with Gasteiger partial charge in [-0.2, -0.15) is 13.2 Å². The van der Waals surface area contributed by atoms with Gasteiger partial charge in [0.2, 0.25) is 5.91 Å². The van der Waals surface area contributed by atoms with Crippen molar-refractivity contribution in [3.8, 4) is 0 Å². The molecule has 2 N–H and O–H groups in total. The van der Waals surface area contributed by atoms with Gasteiger partial charge < -0.3 is 15.4 Å². The normalized spacial score (nSPS) is 21.6. The van der Waals surface area contributed by atoms with Gasteiger partial charge in [-0.25, -0.2) is 0 Å². The van der Waals surface area contributed by atoms with Gasteiger partial charge in [0.25, 0.3) is 0 Å². The molecule has 0 aliphatic carbocycles. The van der Waals surface area contributed by atoms with E-state index in [2.05, 4.69) is 4.74 Å². The zero-order valence-corrected chi connectivity index (χ0v) is 9.50. The molecule has 0 aromatic carbocycles. The molecule has 1 heterocycles. The summed E-state index contributed by atoms with van der Waals surface area (Å²) in [6.45, 7) is -0.395. The largest absolute Gasteiger partial charge is 0.411 e. The highest BCUT2D eigenvalue weighted by molar-refractivity contribution is 5.76. The fourth-order valence-electron chi connectivity index (χ4n) is 1.74. The van der Waals surface area contributed by atoms with Crippen LogP contribution in [0, 0.1) is 0 Å². The van der Waals surface area contributed by atoms with Crippen molar-refractivity contribution in [3.63, 3.8) is 0 Å². The van der Waals surface area contributed by atoms with Crippen molar-refractivity contribution in [3.05, 3.63) is 0 Å². The highest BCUT2D eigenvalue weighted by Crippen LogP contribution is 2.15. The first-order chi connectivity index (χ1) is 7.88. The van der Waals surface area contributed by atoms with Crippen LogP contribution in [-0.4, -0.2) is 49.3 Å². The Labute approximate surface area is 97.9 Å². The Morgan fingerprint density at radius 1 is 1.47 bits per heavy atom. The van der Waals surface area contributed by atoms with E-state index < -0.39 is 12.8 Å². The van der Waals surface area contributed by atoms with Crippen LogP contribution in [-0.2, 0) is 9.53 Å². The summed E-state index contributed by atoms with van der Waals surface area (Å²) in [5.74, 6) is -0.192. The number of likely N-dealkylation sites (tertiary alicyclic amines) is 1. The second-order valence-electron chi connectivity index (χ2n) is 4.16. The van der Waals surface area contributed by atoms with E-state index in [4.69, 9.17) is 5.73 Å². The molecule has 0 radical (unpaired) electrons. The van der Waals surface area contributed by atoms with Crippen LogP contribution in [0.4, 0.5) is 13.2 Å². The second kappa shape index (κ2) is 6.20. The highest BCUT2D eigenvalue weighted by atomic mass is 19.4. The maximum absolute atomic E-state index is 11.7. The molecule has 17 heavy (non-hydrogen) atoms. The number of nitrogens with two attached hydrogens (primary N) is 1. The maximum atomic E-state index is 11.7. The lowest BCUT2D eigenvalue weighted by Gasteiger charge is -2.30. The Hall–Kier alpha value is -0.820. The molecule has 0 saturated carbocycles. The molecule has 100 valence electrons. The lowest BCUT2D eigenvalue weighted by atomic mass is 10.1. The number of alkyl halides is 3. The van der Waals surface area contributed by atoms with Crippen LogP contribution in [0.25, 0.3) is 0 Å². The molecule has 0 bridgehead atoms. The number of carbonyl (C=O) groups is 1. The number of hydrogen-bond donors (Lipinski definition) is 1. The zero-order chi connectivity index (χ0) is 12.9. The average Bonchev–Trinajstić information content (AvgIpc) is 2.23. The summed E-state index contributed by atoms with van der Waals surface area (Å²) in [6.07, 6.45) is -2.63. The topological polar surface area (TPSA) is 55.6 Å². The number of halogens is 3. The first-order valence-corrected chi connectivity index (χ1v) is 5.56. The molecule has 4 nitrogen and oxygen atoms in total. The van der Waals surface area contributed by atoms with Gasteiger partial charge >= 0.3 is 6.18 Å². The summed E-state index contributed by atoms with van der Waals surface area (Å²) in [4.78, 5) is 13.2. The molecule has 0 aromatic heterocycles. The van der Waals surface area contributed by atoms with Crippen LogP contribution in [0.15, 0.2) is 0 Å². The van der Waals surface area contributed by atoms with Crippen molar-refractivity contribution in [1.29, 1.82) is 0 Å². The SMILES string of the molecule is NC1CCCN(C(=O)CCOCC(F)(F)F)C1. The third-order valence-electron chi connectivity index (χ3n) is 2.54. The van der Waals surface area contributed by atoms with E-state index in [1.54, 1.807) is 4.90 Å². The fraction of sp³-hybridized carbons (Fsp3) is 0.900. The minimum Gasteiger partial charge on any atom is -0.372 e. The van der Waals surface area contributed by atoms with Crippen molar-refractivity contribution < 1.29 is 22.7 Å². The van der Waals surface area contributed by atoms with Gasteiger partial charge in [0.1, 0.15) is 6.61 Å². The van der Waals surface area contributed by atoms with E-state index >= 15 is 0 Å². The monoisotopic (exact) mass is 254 g/mol. The van der Waals surface area contributed by atoms with Gasteiger partial charge in [-0.1, -0.05) is 0 Å². The summed E-state index contributed by atoms with van der Waals surface area (Å²) < 4.78 is 39.6. The van der Waals surface area contributed by atoms with Gasteiger partial charge in [0, 0.05) is 19.1 Å². The van der Waals surface area contributed by atoms with Crippen molar-refractivity contribution in [1.82, 2.24) is 4.90 Å². The van der Waals surface area contributed by atoms with Crippen LogP contribution in [0.3, 0.4) is 0 Å². The number of nitrogens with zero attached hydrogens (tertiary/aromatic N) is 1. The van der Waals surface area contributed by atoms with Crippen LogP contribution >= 0.6 is 0 Å². The molecule has 1 aliphatic rings. The molecule has 0 aromatic rings. The van der Waals surface area contributed by atoms with E-state index in [9.17, 15) is 18.0 Å². The third-order valence-corrected chi connectivity index (χ3v) is 2.54. The standard InChI is InChI=1S/C10H17F3N2O2/c11-10(12,13)7-17-5-3-9(16)15-4-1-2-8(14)6-15/h8H,1-7,14H2. The van der Waals surface area contributed by atoms with Crippen molar-refractivity contribution in [2.45, 2.75) is 31.5 Å². The van der Waals surface area contributed by atoms with E-state index in [-0.39, 0.29) is 25.0 Å². The van der Waals surface area contributed by atoms with Crippen LogP contribution in [0.2, 0.25) is 0 Å². The Morgan fingerprint density at radius 3 is 2.76 bits per heavy atom. The lowest BCUT2D eigenvalue weighted by Crippen LogP contribution is -2.45. The molecule has 7 heteroatoms. The van der Waals surface area contributed by atoms with Crippen LogP contribution in [0.5, 0.6) is 0 Å². The Kier molecular flexibility index (Phi) is 5.20. The highest BCUT2D eigenvalue weighted by Gasteiger charge is 2.27. The van der Waals surface area contributed by atoms with Gasteiger partial charge in [-0.15, -0.1) is 0 Å². The Morgan fingerprint density at radius 2 is 2.18 bits per heavy atom. The molecule has 1 fully saturated rings. The van der Waals surface area contributed by atoms with Crippen LogP contribution < -0.4 is 5.73 Å². The molecule has 0 spiro atoms. The summed E-state index contributed by atoms with van der Waals surface area (Å²) >= 11 is 0. The molecule has 1 saturated heterocycles. The minimum absolute atomic E-state index is 0.0243. The number of amides is 1. The summed E-state index contributed by atoms with van der Waals surface area (Å²) in [5, 5.41) is 0. The van der Waals surface area contributed by atoms with E-state index in [1.165, 1.54) is 0 Å². The van der Waals surface area contributed by atoms with Crippen molar-refractivity contribution >= 4 is 5.91 Å². The van der Waals surface area contributed by atoms with E-state index in [0.29, 0.717) is 13.1 Å². The van der Waals surface area contributed by atoms with E-state index in [0.717, 1.165) is 12.8 Å². The van der Waals surface area contributed by atoms with Gasteiger partial charge in [0.15, 0.2) is 0 Å². The molecule has 1 atom stereocenters. The first-order valence-electron chi connectivity index (χ1n) is 5.56. The molecule has 1 unspecified atom stereocenters. The number of hydrogen-bond acceptors (Lipinski definition) is 3. The quantitative estimate of drug-likeness (QED) is 0.758. The van der Waals surface area contributed by atoms with Crippen molar-refractivity contribution in [2.75, 3.05) is 26.3 Å². The Balaban J connectivity index is 2.16. The summed E-state index contributed by atoms with van der Waals surface area (Å²) in [6, 6.07) is -0.0243. The maximum Gasteiger partial charge on any atom is 0.411 e. The van der Waals surface area contributed by atoms with Gasteiger partial charge in [0.05, 0.1) is 13.0 Å². The average molecular weight is 254 g/mol. The number of rotatable bonds is 4. The first kappa shape index (κ1) is 14.2. The number of carbonyl (C=O) groups excluding carboxylic acids is 1. The lowest BCUT2D eigenvalue weighted by molar-refractivity contribution is -0.175. The molecular weight excluding hydrogens is 237 g/mol. The molecule has 1 aliphatic heterocycles. The van der Waals surface area contributed by atoms with Gasteiger partial charge in [-0.3, -0.25) is 4.79 Å². The summed E-state index contributed by atoms with van der Waals surface area (Å²) in [7, 11) is 0. The predicted molar refractivity (Wildman–Crippen MR) is 55.3 cm³/mol. The zero-order valence-electron chi connectivity index (χ0n) is 9.50. The third kappa shape index (κ3) is 5.88. The number of ether oxygens (including phenoxy) is 1. The second-order valence-corrected chi connectivity index (χ2v) is 4.16. The summed E-state index contributed by atoms with van der Waals surface area (Å²) in [5.41, 5.74) is 5.70. The minimum atomic E-state index is -4.34. The van der Waals surface area contributed by atoms with Gasteiger partial charge in [-0.05, 0) is 12.8 Å². The smallest absolute Gasteiger partial charge is 0.372 e. The van der Waals surface area contributed by atoms with E-state index in [1.807, 2.05) is 0 Å². The number of piperidine rings is 1.